The van der Waals surface area contributed by atoms with Crippen LogP contribution in [0.1, 0.15) is 73.4 Å². The van der Waals surface area contributed by atoms with Crippen molar-refractivity contribution in [2.45, 2.75) is 71.3 Å². The molecule has 2 N–H and O–H groups in total. The summed E-state index contributed by atoms with van der Waals surface area (Å²) in [5.41, 5.74) is 1.81. The van der Waals surface area contributed by atoms with Crippen LogP contribution in [0, 0.1) is 6.92 Å². The highest BCUT2D eigenvalue weighted by atomic mass is 32.1. The van der Waals surface area contributed by atoms with E-state index in [1.165, 1.54) is 23.5 Å². The second kappa shape index (κ2) is 10.7. The predicted molar refractivity (Wildman–Crippen MR) is 133 cm³/mol. The molecule has 1 atom stereocenters. The van der Waals surface area contributed by atoms with Crippen molar-refractivity contribution < 1.29 is 28.1 Å². The van der Waals surface area contributed by atoms with Crippen LogP contribution in [-0.4, -0.2) is 27.4 Å². The zero-order valence-corrected chi connectivity index (χ0v) is 21.4. The van der Waals surface area contributed by atoms with E-state index >= 15 is 0 Å². The second-order valence-electron chi connectivity index (χ2n) is 9.66. The Balaban J connectivity index is 1.74. The summed E-state index contributed by atoms with van der Waals surface area (Å²) in [5, 5.41) is 20.9. The Bertz CT molecular complexity index is 1140. The average Bonchev–Trinajstić information content (AvgIpc) is 3.23. The molecule has 190 valence electrons. The highest BCUT2D eigenvalue weighted by Crippen LogP contribution is 2.36. The molecule has 8 heteroatoms. The molecule has 0 saturated heterocycles. The SMILES string of the molecule is Cc1cc(C(O)CCc2sc(-c3ccc(C(F)(F)F)cc3)nc2C(C)C)ccc1OC(C)(C)CO. The Hall–Kier alpha value is -2.42. The molecule has 4 nitrogen and oxygen atoms in total. The van der Waals surface area contributed by atoms with Crippen LogP contribution in [0.25, 0.3) is 10.6 Å². The second-order valence-corrected chi connectivity index (χ2v) is 10.7. The molecule has 3 aromatic rings. The van der Waals surface area contributed by atoms with Crippen LogP contribution in [-0.2, 0) is 12.6 Å². The lowest BCUT2D eigenvalue weighted by atomic mass is 10.00. The molecule has 0 bridgehead atoms. The lowest BCUT2D eigenvalue weighted by Crippen LogP contribution is -2.32. The predicted octanol–water partition coefficient (Wildman–Crippen LogP) is 7.08. The van der Waals surface area contributed by atoms with Gasteiger partial charge in [0.1, 0.15) is 16.4 Å². The number of aliphatic hydroxyl groups is 2. The molecule has 0 spiro atoms. The van der Waals surface area contributed by atoms with Gasteiger partial charge in [-0.25, -0.2) is 4.98 Å². The van der Waals surface area contributed by atoms with Gasteiger partial charge in [0.2, 0.25) is 0 Å². The highest BCUT2D eigenvalue weighted by Gasteiger charge is 2.30. The third-order valence-electron chi connectivity index (χ3n) is 5.73. The number of ether oxygens (including phenoxy) is 1. The summed E-state index contributed by atoms with van der Waals surface area (Å²) in [6, 6.07) is 10.6. The number of alkyl halides is 3. The van der Waals surface area contributed by atoms with Gasteiger partial charge in [-0.15, -0.1) is 11.3 Å². The van der Waals surface area contributed by atoms with Gasteiger partial charge in [0.15, 0.2) is 0 Å². The molecular formula is C27H32F3NO3S. The smallest absolute Gasteiger partial charge is 0.416 e. The summed E-state index contributed by atoms with van der Waals surface area (Å²) in [6.07, 6.45) is -3.98. The van der Waals surface area contributed by atoms with E-state index < -0.39 is 23.4 Å². The fourth-order valence-corrected chi connectivity index (χ4v) is 4.91. The molecule has 1 aromatic heterocycles. The molecule has 0 radical (unpaired) electrons. The Labute approximate surface area is 208 Å². The topological polar surface area (TPSA) is 62.6 Å². The third-order valence-corrected chi connectivity index (χ3v) is 6.91. The van der Waals surface area contributed by atoms with E-state index in [1.54, 1.807) is 19.9 Å². The minimum atomic E-state index is -4.37. The summed E-state index contributed by atoms with van der Waals surface area (Å²) in [6.45, 7) is 9.45. The Kier molecular flexibility index (Phi) is 8.29. The Morgan fingerprint density at radius 2 is 1.71 bits per heavy atom. The number of aliphatic hydroxyl groups excluding tert-OH is 2. The number of benzene rings is 2. The van der Waals surface area contributed by atoms with E-state index in [0.29, 0.717) is 29.2 Å². The monoisotopic (exact) mass is 507 g/mol. The third kappa shape index (κ3) is 6.84. The highest BCUT2D eigenvalue weighted by molar-refractivity contribution is 7.15. The molecule has 0 fully saturated rings. The number of hydrogen-bond donors (Lipinski definition) is 2. The van der Waals surface area contributed by atoms with Crippen molar-refractivity contribution in [3.63, 3.8) is 0 Å². The van der Waals surface area contributed by atoms with Crippen LogP contribution in [0.4, 0.5) is 13.2 Å². The number of halogens is 3. The van der Waals surface area contributed by atoms with E-state index in [1.807, 2.05) is 32.9 Å². The fourth-order valence-electron chi connectivity index (χ4n) is 3.68. The lowest BCUT2D eigenvalue weighted by molar-refractivity contribution is -0.137. The van der Waals surface area contributed by atoms with Crippen LogP contribution in [0.5, 0.6) is 5.75 Å². The number of hydrogen-bond acceptors (Lipinski definition) is 5. The van der Waals surface area contributed by atoms with Crippen molar-refractivity contribution in [1.29, 1.82) is 0 Å². The Morgan fingerprint density at radius 3 is 2.26 bits per heavy atom. The van der Waals surface area contributed by atoms with Gasteiger partial charge < -0.3 is 14.9 Å². The van der Waals surface area contributed by atoms with Crippen LogP contribution in [0.15, 0.2) is 42.5 Å². The number of aromatic nitrogens is 1. The Morgan fingerprint density at radius 1 is 1.06 bits per heavy atom. The zero-order valence-electron chi connectivity index (χ0n) is 20.6. The summed E-state index contributed by atoms with van der Waals surface area (Å²) in [5.74, 6) is 0.806. The maximum absolute atomic E-state index is 12.9. The van der Waals surface area contributed by atoms with Crippen LogP contribution < -0.4 is 4.74 Å². The number of nitrogens with zero attached hydrogens (tertiary/aromatic N) is 1. The van der Waals surface area contributed by atoms with E-state index in [2.05, 4.69) is 0 Å². The quantitative estimate of drug-likeness (QED) is 0.325. The van der Waals surface area contributed by atoms with Crippen molar-refractivity contribution in [3.05, 3.63) is 69.7 Å². The average molecular weight is 508 g/mol. The maximum atomic E-state index is 12.9. The van der Waals surface area contributed by atoms with E-state index in [-0.39, 0.29) is 12.5 Å². The first-order valence-electron chi connectivity index (χ1n) is 11.6. The molecule has 35 heavy (non-hydrogen) atoms. The molecule has 1 unspecified atom stereocenters. The summed E-state index contributed by atoms with van der Waals surface area (Å²) >= 11 is 1.46. The van der Waals surface area contributed by atoms with Gasteiger partial charge in [0.25, 0.3) is 0 Å². The van der Waals surface area contributed by atoms with Crippen LogP contribution in [0.3, 0.4) is 0 Å². The van der Waals surface area contributed by atoms with Crippen molar-refractivity contribution in [3.8, 4) is 16.3 Å². The fraction of sp³-hybridized carbons (Fsp3) is 0.444. The number of rotatable bonds is 9. The standard InChI is InChI=1S/C27H32F3NO3S/c1-16(2)24-23(35-25(31-24)18-6-9-20(10-7-18)27(28,29)30)13-11-21(33)19-8-12-22(17(3)14-19)34-26(4,5)15-32/h6-10,12,14,16,21,32-33H,11,13,15H2,1-5H3. The van der Waals surface area contributed by atoms with Gasteiger partial charge in [-0.05, 0) is 74.9 Å². The van der Waals surface area contributed by atoms with Crippen LogP contribution in [0.2, 0.25) is 0 Å². The van der Waals surface area contributed by atoms with Gasteiger partial charge in [0.05, 0.1) is 24.0 Å². The van der Waals surface area contributed by atoms with E-state index in [0.717, 1.165) is 33.8 Å². The molecular weight excluding hydrogens is 475 g/mol. The van der Waals surface area contributed by atoms with Gasteiger partial charge in [-0.1, -0.05) is 32.0 Å². The number of aryl methyl sites for hydroxylation is 2. The summed E-state index contributed by atoms with van der Waals surface area (Å²) in [7, 11) is 0. The van der Waals surface area contributed by atoms with Gasteiger partial charge in [-0.2, -0.15) is 13.2 Å². The minimum Gasteiger partial charge on any atom is -0.485 e. The molecule has 0 aliphatic carbocycles. The normalized spacial score (nSPS) is 13.3. The first-order chi connectivity index (χ1) is 16.3. The largest absolute Gasteiger partial charge is 0.485 e. The minimum absolute atomic E-state index is 0.113. The summed E-state index contributed by atoms with van der Waals surface area (Å²) < 4.78 is 44.5. The first kappa shape index (κ1) is 27.2. The molecule has 0 amide bonds. The van der Waals surface area contributed by atoms with Gasteiger partial charge in [-0.3, -0.25) is 0 Å². The van der Waals surface area contributed by atoms with Crippen molar-refractivity contribution in [1.82, 2.24) is 4.98 Å². The maximum Gasteiger partial charge on any atom is 0.416 e. The first-order valence-corrected chi connectivity index (χ1v) is 12.4. The van der Waals surface area contributed by atoms with E-state index in [9.17, 15) is 23.4 Å². The molecule has 0 aliphatic heterocycles. The molecule has 1 heterocycles. The summed E-state index contributed by atoms with van der Waals surface area (Å²) in [4.78, 5) is 5.73. The molecule has 3 rings (SSSR count). The van der Waals surface area contributed by atoms with Crippen molar-refractivity contribution >= 4 is 11.3 Å². The van der Waals surface area contributed by atoms with Crippen molar-refractivity contribution in [2.75, 3.05) is 6.61 Å². The lowest BCUT2D eigenvalue weighted by Gasteiger charge is -2.25. The van der Waals surface area contributed by atoms with Crippen molar-refractivity contribution in [2.24, 2.45) is 0 Å². The molecule has 0 saturated carbocycles. The molecule has 2 aromatic carbocycles. The zero-order chi connectivity index (χ0) is 26.0. The van der Waals surface area contributed by atoms with E-state index in [4.69, 9.17) is 9.72 Å². The van der Waals surface area contributed by atoms with Gasteiger partial charge in [0, 0.05) is 10.4 Å². The van der Waals surface area contributed by atoms with Crippen LogP contribution >= 0.6 is 11.3 Å². The number of thiazole rings is 1. The molecule has 0 aliphatic rings. The van der Waals surface area contributed by atoms with Gasteiger partial charge >= 0.3 is 6.18 Å².